The molecule has 1 atom stereocenters. The zero-order valence-corrected chi connectivity index (χ0v) is 20.4. The summed E-state index contributed by atoms with van der Waals surface area (Å²) in [7, 11) is 0. The summed E-state index contributed by atoms with van der Waals surface area (Å²) in [5.74, 6) is -0.219. The zero-order chi connectivity index (χ0) is 25.4. The van der Waals surface area contributed by atoms with Gasteiger partial charge in [-0.2, -0.15) is 5.10 Å². The summed E-state index contributed by atoms with van der Waals surface area (Å²) in [5, 5.41) is 7.93. The highest BCUT2D eigenvalue weighted by molar-refractivity contribution is 6.06. The smallest absolute Gasteiger partial charge is 0.248 e. The summed E-state index contributed by atoms with van der Waals surface area (Å²) >= 11 is 0. The molecule has 9 heteroatoms. The lowest BCUT2D eigenvalue weighted by molar-refractivity contribution is -0.145. The number of anilines is 1. The Morgan fingerprint density at radius 2 is 1.83 bits per heavy atom. The van der Waals surface area contributed by atoms with Crippen LogP contribution in [-0.4, -0.2) is 54.8 Å². The largest absolute Gasteiger partial charge is 0.329 e. The van der Waals surface area contributed by atoms with Gasteiger partial charge in [0, 0.05) is 42.0 Å². The molecular weight excluding hydrogens is 456 g/mol. The van der Waals surface area contributed by atoms with Crippen molar-refractivity contribution >= 4 is 34.3 Å². The summed E-state index contributed by atoms with van der Waals surface area (Å²) in [6, 6.07) is 14.4. The third-order valence-electron chi connectivity index (χ3n) is 6.40. The third kappa shape index (κ3) is 4.47. The van der Waals surface area contributed by atoms with Crippen molar-refractivity contribution in [3.05, 3.63) is 71.8 Å². The Balaban J connectivity index is 1.36. The number of amides is 2. The number of Topliss-reactive ketones (excluding diaryl/α,β-unsaturated/α-hetero) is 1. The number of aromatic nitrogens is 4. The second kappa shape index (κ2) is 9.33. The summed E-state index contributed by atoms with van der Waals surface area (Å²) < 4.78 is 1.54. The molecule has 0 saturated carbocycles. The van der Waals surface area contributed by atoms with Gasteiger partial charge in [0.1, 0.15) is 24.1 Å². The van der Waals surface area contributed by atoms with Crippen molar-refractivity contribution in [2.75, 3.05) is 11.9 Å². The minimum Gasteiger partial charge on any atom is -0.329 e. The second-order valence-electron chi connectivity index (χ2n) is 9.03. The minimum atomic E-state index is -0.561. The van der Waals surface area contributed by atoms with Crippen LogP contribution in [0.4, 0.5) is 5.82 Å². The number of hydrogen-bond donors (Lipinski definition) is 1. The molecule has 4 aromatic rings. The molecule has 1 aliphatic rings. The average molecular weight is 483 g/mol. The van der Waals surface area contributed by atoms with Gasteiger partial charge >= 0.3 is 0 Å². The standard InChI is InChI=1S/C27H26N6O3/c1-16-7-8-20(14-28-16)19-9-10-22-21(13-19)26(18(3)34)31-33(22)15-25(35)32-12-11-23(32)27(36)30-24-6-4-5-17(2)29-24/h4-10,13-14,23H,11-12,15H2,1-3H3,(H,29,30,36). The third-order valence-corrected chi connectivity index (χ3v) is 6.40. The number of rotatable bonds is 6. The van der Waals surface area contributed by atoms with Gasteiger partial charge in [-0.05, 0) is 56.2 Å². The number of likely N-dealkylation sites (tertiary alicyclic amines) is 1. The molecule has 1 unspecified atom stereocenters. The number of ketones is 1. The fourth-order valence-corrected chi connectivity index (χ4v) is 4.38. The molecule has 36 heavy (non-hydrogen) atoms. The SMILES string of the molecule is CC(=O)c1nn(CC(=O)N2CCC2C(=O)Nc2cccc(C)n2)c2ccc(-c3ccc(C)nc3)cc12. The Bertz CT molecular complexity index is 1490. The van der Waals surface area contributed by atoms with Crippen molar-refractivity contribution < 1.29 is 14.4 Å². The number of hydrogen-bond acceptors (Lipinski definition) is 6. The van der Waals surface area contributed by atoms with Crippen molar-refractivity contribution in [1.82, 2.24) is 24.6 Å². The molecule has 1 saturated heterocycles. The van der Waals surface area contributed by atoms with Gasteiger partial charge in [-0.15, -0.1) is 0 Å². The van der Waals surface area contributed by atoms with Crippen LogP contribution in [0.25, 0.3) is 22.0 Å². The summed E-state index contributed by atoms with van der Waals surface area (Å²) in [6.07, 6.45) is 2.37. The van der Waals surface area contributed by atoms with Crippen LogP contribution in [0, 0.1) is 13.8 Å². The van der Waals surface area contributed by atoms with Crippen LogP contribution in [-0.2, 0) is 16.1 Å². The Labute approximate surface area is 208 Å². The molecule has 0 radical (unpaired) electrons. The fourth-order valence-electron chi connectivity index (χ4n) is 4.38. The lowest BCUT2D eigenvalue weighted by Crippen LogP contribution is -2.57. The molecule has 1 N–H and O–H groups in total. The van der Waals surface area contributed by atoms with Crippen LogP contribution in [0.15, 0.2) is 54.7 Å². The molecule has 4 heterocycles. The first-order valence-electron chi connectivity index (χ1n) is 11.8. The predicted molar refractivity (Wildman–Crippen MR) is 135 cm³/mol. The second-order valence-corrected chi connectivity index (χ2v) is 9.03. The highest BCUT2D eigenvalue weighted by Crippen LogP contribution is 2.28. The Kier molecular flexibility index (Phi) is 6.05. The molecule has 2 amide bonds. The normalized spacial score (nSPS) is 15.0. The van der Waals surface area contributed by atoms with Gasteiger partial charge < -0.3 is 10.2 Å². The van der Waals surface area contributed by atoms with Gasteiger partial charge in [-0.25, -0.2) is 4.98 Å². The maximum Gasteiger partial charge on any atom is 0.248 e. The van der Waals surface area contributed by atoms with E-state index in [1.54, 1.807) is 21.8 Å². The van der Waals surface area contributed by atoms with E-state index in [9.17, 15) is 14.4 Å². The highest BCUT2D eigenvalue weighted by atomic mass is 16.2. The van der Waals surface area contributed by atoms with Gasteiger partial charge in [0.15, 0.2) is 5.78 Å². The molecule has 1 aromatic carbocycles. The van der Waals surface area contributed by atoms with Crippen LogP contribution >= 0.6 is 0 Å². The summed E-state index contributed by atoms with van der Waals surface area (Å²) in [4.78, 5) is 48.4. The van der Waals surface area contributed by atoms with Crippen LogP contribution in [0.1, 0.15) is 35.2 Å². The molecular formula is C27H26N6O3. The first kappa shape index (κ1) is 23.3. The number of fused-ring (bicyclic) bond motifs is 1. The first-order valence-corrected chi connectivity index (χ1v) is 11.8. The van der Waals surface area contributed by atoms with Crippen LogP contribution in [0.2, 0.25) is 0 Å². The number of carbonyl (C=O) groups excluding carboxylic acids is 3. The zero-order valence-electron chi connectivity index (χ0n) is 20.4. The molecule has 5 rings (SSSR count). The Hall–Kier alpha value is -4.40. The molecule has 3 aromatic heterocycles. The maximum absolute atomic E-state index is 13.1. The minimum absolute atomic E-state index is 0.0678. The number of nitrogens with zero attached hydrogens (tertiary/aromatic N) is 5. The van der Waals surface area contributed by atoms with Crippen LogP contribution in [0.5, 0.6) is 0 Å². The highest BCUT2D eigenvalue weighted by Gasteiger charge is 2.38. The number of aryl methyl sites for hydroxylation is 2. The predicted octanol–water partition coefficient (Wildman–Crippen LogP) is 3.55. The lowest BCUT2D eigenvalue weighted by Gasteiger charge is -2.39. The Morgan fingerprint density at radius 1 is 1.03 bits per heavy atom. The van der Waals surface area contributed by atoms with E-state index in [-0.39, 0.29) is 24.1 Å². The van der Waals surface area contributed by atoms with Crippen molar-refractivity contribution in [2.45, 2.75) is 39.8 Å². The van der Waals surface area contributed by atoms with Crippen molar-refractivity contribution in [3.8, 4) is 11.1 Å². The van der Waals surface area contributed by atoms with E-state index in [2.05, 4.69) is 20.4 Å². The topological polar surface area (TPSA) is 110 Å². The monoisotopic (exact) mass is 482 g/mol. The van der Waals surface area contributed by atoms with Gasteiger partial charge in [0.05, 0.1) is 5.52 Å². The molecule has 9 nitrogen and oxygen atoms in total. The maximum atomic E-state index is 13.1. The van der Waals surface area contributed by atoms with E-state index in [0.29, 0.717) is 35.4 Å². The van der Waals surface area contributed by atoms with E-state index in [0.717, 1.165) is 22.5 Å². The fraction of sp³-hybridized carbons (Fsp3) is 0.259. The van der Waals surface area contributed by atoms with E-state index in [1.165, 1.54) is 6.92 Å². The lowest BCUT2D eigenvalue weighted by atomic mass is 10.0. The van der Waals surface area contributed by atoms with Crippen LogP contribution < -0.4 is 5.32 Å². The molecule has 0 spiro atoms. The Morgan fingerprint density at radius 3 is 2.50 bits per heavy atom. The van der Waals surface area contributed by atoms with Crippen LogP contribution in [0.3, 0.4) is 0 Å². The summed E-state index contributed by atoms with van der Waals surface area (Å²) in [6.45, 7) is 5.65. The van der Waals surface area contributed by atoms with Crippen molar-refractivity contribution in [3.63, 3.8) is 0 Å². The average Bonchev–Trinajstić information content (AvgIpc) is 3.16. The summed E-state index contributed by atoms with van der Waals surface area (Å²) in [5.41, 5.74) is 4.55. The van der Waals surface area contributed by atoms with Gasteiger partial charge in [0.25, 0.3) is 0 Å². The first-order chi connectivity index (χ1) is 17.3. The quantitative estimate of drug-likeness (QED) is 0.421. The molecule has 1 fully saturated rings. The van der Waals surface area contributed by atoms with E-state index in [1.807, 2.05) is 56.3 Å². The number of nitrogens with one attached hydrogen (secondary N) is 1. The number of pyridine rings is 2. The van der Waals surface area contributed by atoms with Gasteiger partial charge in [-0.1, -0.05) is 18.2 Å². The molecule has 182 valence electrons. The van der Waals surface area contributed by atoms with E-state index >= 15 is 0 Å². The number of benzene rings is 1. The van der Waals surface area contributed by atoms with E-state index < -0.39 is 6.04 Å². The molecule has 1 aliphatic heterocycles. The van der Waals surface area contributed by atoms with Gasteiger partial charge in [-0.3, -0.25) is 24.0 Å². The molecule has 0 bridgehead atoms. The van der Waals surface area contributed by atoms with Crippen molar-refractivity contribution in [2.24, 2.45) is 0 Å². The molecule has 0 aliphatic carbocycles. The van der Waals surface area contributed by atoms with E-state index in [4.69, 9.17) is 0 Å². The van der Waals surface area contributed by atoms with Crippen molar-refractivity contribution in [1.29, 1.82) is 0 Å². The number of carbonyl (C=O) groups is 3. The van der Waals surface area contributed by atoms with Gasteiger partial charge in [0.2, 0.25) is 11.8 Å².